The monoisotopic (exact) mass is 480 g/mol. The summed E-state index contributed by atoms with van der Waals surface area (Å²) in [5.41, 5.74) is 1.94. The standard InChI is InChI=1S/C25H28N4O4S/c1-14-5-7-16-20(9-14)34-24-23(16)25(32)29(21(26-24)12-27(2)3)11-18(30)15-6-8-19-17(10-15)28(4)22(31)13-33-19/h6,8,10,14H,5,7,9,11-13H2,1-4H3. The molecule has 2 aromatic heterocycles. The van der Waals surface area contributed by atoms with Crippen molar-refractivity contribution >= 4 is 38.9 Å². The average molecular weight is 481 g/mol. The Bertz CT molecular complexity index is 1370. The fourth-order valence-electron chi connectivity index (χ4n) is 4.71. The van der Waals surface area contributed by atoms with Gasteiger partial charge in [0.1, 0.15) is 16.4 Å². The number of anilines is 1. The van der Waals surface area contributed by atoms with Crippen LogP contribution in [-0.4, -0.2) is 53.9 Å². The summed E-state index contributed by atoms with van der Waals surface area (Å²) in [4.78, 5) is 49.4. The average Bonchev–Trinajstić information content (AvgIpc) is 3.15. The van der Waals surface area contributed by atoms with E-state index in [1.54, 1.807) is 36.6 Å². The molecule has 0 fully saturated rings. The van der Waals surface area contributed by atoms with E-state index in [0.717, 1.165) is 29.7 Å². The summed E-state index contributed by atoms with van der Waals surface area (Å²) in [5, 5.41) is 0.673. The zero-order chi connectivity index (χ0) is 24.1. The van der Waals surface area contributed by atoms with E-state index in [1.807, 2.05) is 19.0 Å². The van der Waals surface area contributed by atoms with Gasteiger partial charge in [0.2, 0.25) is 0 Å². The van der Waals surface area contributed by atoms with Crippen LogP contribution in [0.2, 0.25) is 0 Å². The first kappa shape index (κ1) is 22.7. The van der Waals surface area contributed by atoms with Crippen molar-refractivity contribution in [1.82, 2.24) is 14.5 Å². The van der Waals surface area contributed by atoms with Crippen molar-refractivity contribution in [3.8, 4) is 5.75 Å². The van der Waals surface area contributed by atoms with Crippen molar-refractivity contribution in [3.63, 3.8) is 0 Å². The number of carbonyl (C=O) groups is 2. The summed E-state index contributed by atoms with van der Waals surface area (Å²) in [6, 6.07) is 5.04. The molecule has 1 unspecified atom stereocenters. The predicted molar refractivity (Wildman–Crippen MR) is 132 cm³/mol. The van der Waals surface area contributed by atoms with Crippen molar-refractivity contribution in [2.24, 2.45) is 5.92 Å². The molecule has 0 radical (unpaired) electrons. The minimum Gasteiger partial charge on any atom is -0.482 e. The molecule has 0 spiro atoms. The Morgan fingerprint density at radius 1 is 1.29 bits per heavy atom. The Morgan fingerprint density at radius 3 is 2.85 bits per heavy atom. The second kappa shape index (κ2) is 8.63. The molecular formula is C25H28N4O4S. The zero-order valence-electron chi connectivity index (χ0n) is 19.9. The van der Waals surface area contributed by atoms with Gasteiger partial charge >= 0.3 is 0 Å². The SMILES string of the molecule is CC1CCc2c(sc3nc(CN(C)C)n(CC(=O)c4ccc5c(c4)N(C)C(=O)CO5)c(=O)c23)C1. The fraction of sp³-hybridized carbons (Fsp3) is 0.440. The Hall–Kier alpha value is -3.04. The lowest BCUT2D eigenvalue weighted by atomic mass is 9.89. The molecule has 2 aliphatic rings. The van der Waals surface area contributed by atoms with Gasteiger partial charge in [-0.25, -0.2) is 4.98 Å². The summed E-state index contributed by atoms with van der Waals surface area (Å²) >= 11 is 1.62. The Morgan fingerprint density at radius 2 is 2.09 bits per heavy atom. The van der Waals surface area contributed by atoms with Gasteiger partial charge in [-0.2, -0.15) is 0 Å². The number of ether oxygens (including phenoxy) is 1. The number of thiophene rings is 1. The van der Waals surface area contributed by atoms with E-state index in [-0.39, 0.29) is 30.4 Å². The lowest BCUT2D eigenvalue weighted by molar-refractivity contribution is -0.120. The van der Waals surface area contributed by atoms with Crippen LogP contribution >= 0.6 is 11.3 Å². The molecule has 1 aromatic carbocycles. The molecular weight excluding hydrogens is 452 g/mol. The van der Waals surface area contributed by atoms with Crippen LogP contribution in [0.25, 0.3) is 10.2 Å². The van der Waals surface area contributed by atoms with Crippen LogP contribution in [0.4, 0.5) is 5.69 Å². The van der Waals surface area contributed by atoms with Crippen molar-refractivity contribution in [2.45, 2.75) is 39.3 Å². The molecule has 9 heteroatoms. The van der Waals surface area contributed by atoms with Crippen LogP contribution in [0.1, 0.15) is 40.0 Å². The second-order valence-electron chi connectivity index (χ2n) is 9.54. The molecule has 178 valence electrons. The van der Waals surface area contributed by atoms with E-state index in [9.17, 15) is 14.4 Å². The van der Waals surface area contributed by atoms with Crippen LogP contribution < -0.4 is 15.2 Å². The Labute approximate surface area is 201 Å². The van der Waals surface area contributed by atoms with E-state index < -0.39 is 0 Å². The maximum absolute atomic E-state index is 13.7. The number of amides is 1. The quantitative estimate of drug-likeness (QED) is 0.522. The molecule has 0 saturated heterocycles. The van der Waals surface area contributed by atoms with Gasteiger partial charge < -0.3 is 14.5 Å². The topological polar surface area (TPSA) is 84.7 Å². The van der Waals surface area contributed by atoms with Crippen LogP contribution in [-0.2, 0) is 30.7 Å². The highest BCUT2D eigenvalue weighted by Gasteiger charge is 2.27. The van der Waals surface area contributed by atoms with Crippen molar-refractivity contribution in [3.05, 3.63) is 50.4 Å². The molecule has 3 heterocycles. The molecule has 1 amide bonds. The Balaban J connectivity index is 1.56. The number of ketones is 1. The van der Waals surface area contributed by atoms with Crippen molar-refractivity contribution in [1.29, 1.82) is 0 Å². The number of aryl methyl sites for hydroxylation is 1. The first-order valence-corrected chi connectivity index (χ1v) is 12.3. The smallest absolute Gasteiger partial charge is 0.264 e. The molecule has 0 saturated carbocycles. The fourth-order valence-corrected chi connectivity index (χ4v) is 6.10. The molecule has 1 aliphatic carbocycles. The second-order valence-corrected chi connectivity index (χ2v) is 10.6. The van der Waals surface area contributed by atoms with Crippen LogP contribution in [0.3, 0.4) is 0 Å². The maximum Gasteiger partial charge on any atom is 0.264 e. The zero-order valence-corrected chi connectivity index (χ0v) is 20.7. The van der Waals surface area contributed by atoms with Crippen molar-refractivity contribution < 1.29 is 14.3 Å². The lowest BCUT2D eigenvalue weighted by Gasteiger charge is -2.26. The summed E-state index contributed by atoms with van der Waals surface area (Å²) < 4.78 is 7.00. The minimum atomic E-state index is -0.213. The highest BCUT2D eigenvalue weighted by atomic mass is 32.1. The van der Waals surface area contributed by atoms with Gasteiger partial charge in [0.05, 0.1) is 24.2 Å². The summed E-state index contributed by atoms with van der Waals surface area (Å²) in [6.07, 6.45) is 2.90. The number of fused-ring (bicyclic) bond motifs is 4. The lowest BCUT2D eigenvalue weighted by Crippen LogP contribution is -2.35. The minimum absolute atomic E-state index is 0.0183. The third-order valence-electron chi connectivity index (χ3n) is 6.62. The van der Waals surface area contributed by atoms with E-state index in [1.165, 1.54) is 14.3 Å². The third-order valence-corrected chi connectivity index (χ3v) is 7.77. The number of hydrogen-bond donors (Lipinski definition) is 0. The number of nitrogens with zero attached hydrogens (tertiary/aromatic N) is 4. The van der Waals surface area contributed by atoms with Gasteiger partial charge in [-0.05, 0) is 63.0 Å². The molecule has 3 aromatic rings. The highest BCUT2D eigenvalue weighted by Crippen LogP contribution is 2.36. The largest absolute Gasteiger partial charge is 0.482 e. The summed E-state index contributed by atoms with van der Waals surface area (Å²) in [6.45, 7) is 2.56. The highest BCUT2D eigenvalue weighted by molar-refractivity contribution is 7.18. The van der Waals surface area contributed by atoms with E-state index in [0.29, 0.717) is 40.7 Å². The van der Waals surface area contributed by atoms with E-state index >= 15 is 0 Å². The number of likely N-dealkylation sites (N-methyl/N-ethyl adjacent to an activating group) is 1. The first-order chi connectivity index (χ1) is 16.2. The molecule has 8 nitrogen and oxygen atoms in total. The van der Waals surface area contributed by atoms with Gasteiger partial charge in [-0.1, -0.05) is 6.92 Å². The van der Waals surface area contributed by atoms with Gasteiger partial charge in [0.25, 0.3) is 11.5 Å². The number of hydrogen-bond acceptors (Lipinski definition) is 7. The molecule has 1 atom stereocenters. The van der Waals surface area contributed by atoms with E-state index in [4.69, 9.17) is 9.72 Å². The maximum atomic E-state index is 13.7. The number of benzene rings is 1. The normalized spacial score (nSPS) is 17.6. The summed E-state index contributed by atoms with van der Waals surface area (Å²) in [7, 11) is 5.50. The van der Waals surface area contributed by atoms with Crippen LogP contribution in [0.5, 0.6) is 5.75 Å². The molecule has 34 heavy (non-hydrogen) atoms. The predicted octanol–water partition coefficient (Wildman–Crippen LogP) is 2.88. The van der Waals surface area contributed by atoms with Crippen LogP contribution in [0, 0.1) is 5.92 Å². The first-order valence-electron chi connectivity index (χ1n) is 11.5. The summed E-state index contributed by atoms with van der Waals surface area (Å²) in [5.74, 6) is 1.36. The van der Waals surface area contributed by atoms with Gasteiger partial charge in [0.15, 0.2) is 12.4 Å². The molecule has 1 aliphatic heterocycles. The Kier molecular flexibility index (Phi) is 5.77. The number of rotatable bonds is 5. The molecule has 0 N–H and O–H groups in total. The number of carbonyl (C=O) groups excluding carboxylic acids is 2. The number of aromatic nitrogens is 2. The number of Topliss-reactive ketones (excluding diaryl/α,β-unsaturated/α-hetero) is 1. The third kappa shape index (κ3) is 3.92. The van der Waals surface area contributed by atoms with Gasteiger partial charge in [0, 0.05) is 17.5 Å². The van der Waals surface area contributed by atoms with Gasteiger partial charge in [-0.3, -0.25) is 19.0 Å². The molecule has 0 bridgehead atoms. The molecule has 5 rings (SSSR count). The van der Waals surface area contributed by atoms with E-state index in [2.05, 4.69) is 6.92 Å². The van der Waals surface area contributed by atoms with Crippen LogP contribution in [0.15, 0.2) is 23.0 Å². The van der Waals surface area contributed by atoms with Gasteiger partial charge in [-0.15, -0.1) is 11.3 Å². The van der Waals surface area contributed by atoms with Crippen molar-refractivity contribution in [2.75, 3.05) is 32.6 Å².